The third-order valence-electron chi connectivity index (χ3n) is 2.23. The molecule has 16 heavy (non-hydrogen) atoms. The number of primary amides is 1. The molecule has 94 valence electrons. The maximum Gasteiger partial charge on any atom is 0.237 e. The summed E-state index contributed by atoms with van der Waals surface area (Å²) < 4.78 is 0. The molecule has 5 heteroatoms. The minimum absolute atomic E-state index is 0.0619. The first kappa shape index (κ1) is 14.9. The lowest BCUT2D eigenvalue weighted by Gasteiger charge is -2.23. The van der Waals surface area contributed by atoms with Crippen molar-refractivity contribution in [2.45, 2.75) is 52.7 Å². The topological polar surface area (TPSA) is 84.2 Å². The number of nitrogens with one attached hydrogen (secondary N) is 2. The second-order valence-corrected chi connectivity index (χ2v) is 4.68. The van der Waals surface area contributed by atoms with Crippen molar-refractivity contribution in [2.24, 2.45) is 11.7 Å². The molecule has 0 aromatic carbocycles. The molecule has 0 heterocycles. The molecule has 0 bridgehead atoms. The van der Waals surface area contributed by atoms with E-state index in [1.165, 1.54) is 0 Å². The van der Waals surface area contributed by atoms with Gasteiger partial charge in [0.1, 0.15) is 0 Å². The Labute approximate surface area is 97.2 Å². The molecule has 0 aliphatic rings. The fourth-order valence-electron chi connectivity index (χ4n) is 1.36. The van der Waals surface area contributed by atoms with Gasteiger partial charge in [0, 0.05) is 6.04 Å². The van der Waals surface area contributed by atoms with E-state index in [0.717, 1.165) is 0 Å². The Morgan fingerprint density at radius 1 is 1.06 bits per heavy atom. The molecule has 2 atom stereocenters. The van der Waals surface area contributed by atoms with E-state index in [1.54, 1.807) is 6.92 Å². The number of carbonyl (C=O) groups is 2. The van der Waals surface area contributed by atoms with Gasteiger partial charge in [-0.1, -0.05) is 13.8 Å². The van der Waals surface area contributed by atoms with Crippen molar-refractivity contribution in [2.75, 3.05) is 0 Å². The molecule has 0 fully saturated rings. The highest BCUT2D eigenvalue weighted by molar-refractivity contribution is 5.84. The van der Waals surface area contributed by atoms with Gasteiger partial charge in [0.15, 0.2) is 0 Å². The Balaban J connectivity index is 4.35. The van der Waals surface area contributed by atoms with Crippen molar-refractivity contribution < 1.29 is 9.59 Å². The van der Waals surface area contributed by atoms with E-state index >= 15 is 0 Å². The maximum atomic E-state index is 11.6. The molecule has 4 N–H and O–H groups in total. The molecule has 0 saturated carbocycles. The average molecular weight is 229 g/mol. The molecule has 0 spiro atoms. The predicted molar refractivity (Wildman–Crippen MR) is 63.7 cm³/mol. The van der Waals surface area contributed by atoms with Crippen molar-refractivity contribution >= 4 is 11.8 Å². The smallest absolute Gasteiger partial charge is 0.237 e. The van der Waals surface area contributed by atoms with Crippen molar-refractivity contribution in [3.05, 3.63) is 0 Å². The predicted octanol–water partition coefficient (Wildman–Crippen LogP) is -0.001000. The van der Waals surface area contributed by atoms with E-state index < -0.39 is 18.0 Å². The lowest BCUT2D eigenvalue weighted by atomic mass is 10.0. The SMILES string of the molecule is CC(C)NC(=O)C(C)NC(C(N)=O)C(C)C. The standard InChI is InChI=1S/C11H23N3O2/c1-6(2)9(10(12)15)14-8(5)11(16)13-7(3)4/h6-9,14H,1-5H3,(H2,12,15)(H,13,16). The molecule has 0 aromatic rings. The number of hydrogen-bond donors (Lipinski definition) is 3. The fraction of sp³-hybridized carbons (Fsp3) is 0.818. The summed E-state index contributed by atoms with van der Waals surface area (Å²) in [6.07, 6.45) is 0. The van der Waals surface area contributed by atoms with Crippen LogP contribution in [0.15, 0.2) is 0 Å². The largest absolute Gasteiger partial charge is 0.368 e. The van der Waals surface area contributed by atoms with Crippen LogP contribution in [-0.4, -0.2) is 29.9 Å². The zero-order chi connectivity index (χ0) is 12.9. The molecule has 5 nitrogen and oxygen atoms in total. The third kappa shape index (κ3) is 5.11. The molecule has 0 radical (unpaired) electrons. The van der Waals surface area contributed by atoms with Crippen LogP contribution in [0.1, 0.15) is 34.6 Å². The number of nitrogens with two attached hydrogens (primary N) is 1. The van der Waals surface area contributed by atoms with Gasteiger partial charge in [-0.15, -0.1) is 0 Å². The lowest BCUT2D eigenvalue weighted by molar-refractivity contribution is -0.125. The number of rotatable bonds is 6. The van der Waals surface area contributed by atoms with Crippen molar-refractivity contribution in [1.82, 2.24) is 10.6 Å². The minimum atomic E-state index is -0.479. The van der Waals surface area contributed by atoms with Crippen molar-refractivity contribution in [3.8, 4) is 0 Å². The summed E-state index contributed by atoms with van der Waals surface area (Å²) in [5.74, 6) is -0.493. The Kier molecular flexibility index (Phi) is 6.03. The van der Waals surface area contributed by atoms with Gasteiger partial charge in [-0.3, -0.25) is 14.9 Å². The van der Waals surface area contributed by atoms with E-state index in [2.05, 4.69) is 10.6 Å². The van der Waals surface area contributed by atoms with Gasteiger partial charge < -0.3 is 11.1 Å². The normalized spacial score (nSPS) is 14.9. The van der Waals surface area contributed by atoms with Gasteiger partial charge in [0.25, 0.3) is 0 Å². The molecule has 2 unspecified atom stereocenters. The van der Waals surface area contributed by atoms with Crippen LogP contribution in [0.5, 0.6) is 0 Å². The summed E-state index contributed by atoms with van der Waals surface area (Å²) in [5, 5.41) is 5.71. The van der Waals surface area contributed by atoms with E-state index in [-0.39, 0.29) is 17.9 Å². The van der Waals surface area contributed by atoms with Crippen LogP contribution < -0.4 is 16.4 Å². The fourth-order valence-corrected chi connectivity index (χ4v) is 1.36. The molecule has 2 amide bonds. The molecule has 0 rings (SSSR count). The number of amides is 2. The summed E-state index contributed by atoms with van der Waals surface area (Å²) in [6, 6.07) is -0.821. The zero-order valence-corrected chi connectivity index (χ0v) is 10.7. The molecule has 0 aliphatic heterocycles. The molecule has 0 saturated heterocycles. The maximum absolute atomic E-state index is 11.6. The van der Waals surface area contributed by atoms with Gasteiger partial charge in [0.05, 0.1) is 12.1 Å². The zero-order valence-electron chi connectivity index (χ0n) is 10.7. The van der Waals surface area contributed by atoms with Gasteiger partial charge in [-0.2, -0.15) is 0 Å². The minimum Gasteiger partial charge on any atom is -0.368 e. The van der Waals surface area contributed by atoms with E-state index in [0.29, 0.717) is 0 Å². The van der Waals surface area contributed by atoms with Crippen LogP contribution >= 0.6 is 0 Å². The average Bonchev–Trinajstić information content (AvgIpc) is 2.11. The lowest BCUT2D eigenvalue weighted by Crippen LogP contribution is -2.54. The number of carbonyl (C=O) groups excluding carboxylic acids is 2. The first-order valence-electron chi connectivity index (χ1n) is 5.61. The van der Waals surface area contributed by atoms with E-state index in [9.17, 15) is 9.59 Å². The number of hydrogen-bond acceptors (Lipinski definition) is 3. The summed E-state index contributed by atoms with van der Waals surface area (Å²) >= 11 is 0. The van der Waals surface area contributed by atoms with Crippen molar-refractivity contribution in [3.63, 3.8) is 0 Å². The van der Waals surface area contributed by atoms with Crippen LogP contribution in [0.3, 0.4) is 0 Å². The van der Waals surface area contributed by atoms with E-state index in [1.807, 2.05) is 27.7 Å². The monoisotopic (exact) mass is 229 g/mol. The van der Waals surface area contributed by atoms with Crippen LogP contribution in [0.2, 0.25) is 0 Å². The van der Waals surface area contributed by atoms with Gasteiger partial charge in [-0.05, 0) is 26.7 Å². The quantitative estimate of drug-likeness (QED) is 0.599. The molecule has 0 aromatic heterocycles. The van der Waals surface area contributed by atoms with Crippen molar-refractivity contribution in [1.29, 1.82) is 0 Å². The highest BCUT2D eigenvalue weighted by Crippen LogP contribution is 2.02. The van der Waals surface area contributed by atoms with Crippen LogP contribution in [0.4, 0.5) is 0 Å². The first-order valence-corrected chi connectivity index (χ1v) is 5.61. The summed E-state index contributed by atoms with van der Waals surface area (Å²) in [6.45, 7) is 9.26. The second kappa shape index (κ2) is 6.48. The van der Waals surface area contributed by atoms with Crippen LogP contribution in [0.25, 0.3) is 0 Å². The Bertz CT molecular complexity index is 252. The molecular weight excluding hydrogens is 206 g/mol. The highest BCUT2D eigenvalue weighted by atomic mass is 16.2. The summed E-state index contributed by atoms with van der Waals surface area (Å²) in [4.78, 5) is 22.8. The van der Waals surface area contributed by atoms with Crippen LogP contribution in [-0.2, 0) is 9.59 Å². The van der Waals surface area contributed by atoms with Gasteiger partial charge in [0.2, 0.25) is 11.8 Å². The third-order valence-corrected chi connectivity index (χ3v) is 2.23. The van der Waals surface area contributed by atoms with E-state index in [4.69, 9.17) is 5.73 Å². The Hall–Kier alpha value is -1.10. The summed E-state index contributed by atoms with van der Waals surface area (Å²) in [5.41, 5.74) is 5.25. The molecule has 0 aliphatic carbocycles. The molecular formula is C11H23N3O2. The second-order valence-electron chi connectivity index (χ2n) is 4.68. The Morgan fingerprint density at radius 2 is 1.56 bits per heavy atom. The van der Waals surface area contributed by atoms with Crippen LogP contribution in [0, 0.1) is 5.92 Å². The van der Waals surface area contributed by atoms with Gasteiger partial charge >= 0.3 is 0 Å². The highest BCUT2D eigenvalue weighted by Gasteiger charge is 2.24. The summed E-state index contributed by atoms with van der Waals surface area (Å²) in [7, 11) is 0. The Morgan fingerprint density at radius 3 is 1.88 bits per heavy atom. The first-order chi connectivity index (χ1) is 7.25. The van der Waals surface area contributed by atoms with Gasteiger partial charge in [-0.25, -0.2) is 0 Å².